The van der Waals surface area contributed by atoms with Gasteiger partial charge in [0.2, 0.25) is 0 Å². The molecule has 0 fully saturated rings. The van der Waals surface area contributed by atoms with Crippen LogP contribution in [0.1, 0.15) is 38.0 Å². The summed E-state index contributed by atoms with van der Waals surface area (Å²) in [6.07, 6.45) is 4.30. The fourth-order valence-corrected chi connectivity index (χ4v) is 3.00. The predicted octanol–water partition coefficient (Wildman–Crippen LogP) is 6.19. The van der Waals surface area contributed by atoms with Crippen molar-refractivity contribution in [3.8, 4) is 0 Å². The highest BCUT2D eigenvalue weighted by Gasteiger charge is 2.33. The van der Waals surface area contributed by atoms with Crippen LogP contribution in [0, 0.1) is 11.3 Å². The normalized spacial score (nSPS) is 21.0. The fraction of sp³-hybridized carbons (Fsp3) is 0.318. The van der Waals surface area contributed by atoms with E-state index in [1.165, 1.54) is 5.56 Å². The molecule has 0 radical (unpaired) electrons. The Morgan fingerprint density at radius 1 is 1.04 bits per heavy atom. The van der Waals surface area contributed by atoms with Crippen LogP contribution in [0.4, 0.5) is 0 Å². The summed E-state index contributed by atoms with van der Waals surface area (Å²) >= 11 is 6.05. The molecule has 2 aromatic carbocycles. The van der Waals surface area contributed by atoms with E-state index in [1.54, 1.807) is 0 Å². The van der Waals surface area contributed by atoms with E-state index in [1.807, 2.05) is 42.5 Å². The minimum Gasteiger partial charge on any atom is -0.472 e. The van der Waals surface area contributed by atoms with Gasteiger partial charge >= 0.3 is 0 Å². The minimum absolute atomic E-state index is 0.0519. The van der Waals surface area contributed by atoms with Crippen LogP contribution in [0.15, 0.2) is 65.7 Å². The number of rotatable bonds is 3. The third kappa shape index (κ3) is 4.52. The molecule has 2 unspecified atom stereocenters. The van der Waals surface area contributed by atoms with Crippen LogP contribution in [0.25, 0.3) is 6.08 Å². The number of ether oxygens (including phenoxy) is 1. The van der Waals surface area contributed by atoms with Crippen molar-refractivity contribution in [3.05, 3.63) is 76.8 Å². The molecule has 3 heteroatoms. The fourth-order valence-electron chi connectivity index (χ4n) is 2.87. The van der Waals surface area contributed by atoms with Crippen molar-refractivity contribution < 1.29 is 4.74 Å². The molecule has 0 aromatic heterocycles. The number of hydrogen-bond donors (Lipinski definition) is 0. The molecule has 1 heterocycles. The van der Waals surface area contributed by atoms with Crippen molar-refractivity contribution in [2.24, 2.45) is 16.3 Å². The Labute approximate surface area is 155 Å². The summed E-state index contributed by atoms with van der Waals surface area (Å²) in [5, 5.41) is 0.737. The molecule has 0 N–H and O–H groups in total. The average Bonchev–Trinajstić information content (AvgIpc) is 2.61. The SMILES string of the molecule is CC(C)(C)C1=NCC(/C=C/c2ccccc2)C(c2ccc(Cl)cc2)O1. The molecule has 3 rings (SSSR count). The van der Waals surface area contributed by atoms with E-state index in [2.05, 4.69) is 45.1 Å². The zero-order valence-electron chi connectivity index (χ0n) is 14.9. The second kappa shape index (κ2) is 7.45. The first-order valence-corrected chi connectivity index (χ1v) is 9.01. The highest BCUT2D eigenvalue weighted by Crippen LogP contribution is 2.35. The average molecular weight is 354 g/mol. The summed E-state index contributed by atoms with van der Waals surface area (Å²) in [5.41, 5.74) is 2.21. The van der Waals surface area contributed by atoms with Crippen molar-refractivity contribution in [1.82, 2.24) is 0 Å². The van der Waals surface area contributed by atoms with Crippen LogP contribution in [0.5, 0.6) is 0 Å². The van der Waals surface area contributed by atoms with Crippen LogP contribution in [0.3, 0.4) is 0 Å². The van der Waals surface area contributed by atoms with Gasteiger partial charge in [0.25, 0.3) is 0 Å². The van der Waals surface area contributed by atoms with E-state index in [9.17, 15) is 0 Å². The Morgan fingerprint density at radius 2 is 1.72 bits per heavy atom. The Morgan fingerprint density at radius 3 is 2.36 bits per heavy atom. The van der Waals surface area contributed by atoms with Gasteiger partial charge in [0.05, 0.1) is 6.54 Å². The molecule has 0 saturated carbocycles. The molecule has 0 amide bonds. The van der Waals surface area contributed by atoms with Crippen molar-refractivity contribution in [2.75, 3.05) is 6.54 Å². The van der Waals surface area contributed by atoms with Crippen LogP contribution in [-0.4, -0.2) is 12.4 Å². The van der Waals surface area contributed by atoms with Gasteiger partial charge in [0, 0.05) is 16.4 Å². The summed E-state index contributed by atoms with van der Waals surface area (Å²) in [5.74, 6) is 1.00. The highest BCUT2D eigenvalue weighted by atomic mass is 35.5. The van der Waals surface area contributed by atoms with E-state index < -0.39 is 0 Å². The number of hydrogen-bond acceptors (Lipinski definition) is 2. The molecule has 2 atom stereocenters. The molecule has 1 aliphatic heterocycles. The van der Waals surface area contributed by atoms with Crippen molar-refractivity contribution in [2.45, 2.75) is 26.9 Å². The van der Waals surface area contributed by atoms with E-state index >= 15 is 0 Å². The zero-order chi connectivity index (χ0) is 17.9. The van der Waals surface area contributed by atoms with Crippen molar-refractivity contribution >= 4 is 23.6 Å². The summed E-state index contributed by atoms with van der Waals surface area (Å²) in [4.78, 5) is 4.70. The molecule has 130 valence electrons. The van der Waals surface area contributed by atoms with Gasteiger partial charge in [0.1, 0.15) is 6.10 Å². The largest absolute Gasteiger partial charge is 0.472 e. The number of halogens is 1. The van der Waals surface area contributed by atoms with Crippen LogP contribution in [0.2, 0.25) is 5.02 Å². The molecule has 0 aliphatic carbocycles. The summed E-state index contributed by atoms with van der Waals surface area (Å²) in [6.45, 7) is 7.11. The first-order chi connectivity index (χ1) is 11.9. The van der Waals surface area contributed by atoms with Crippen LogP contribution in [-0.2, 0) is 4.74 Å². The molecule has 0 saturated heterocycles. The third-order valence-corrected chi connectivity index (χ3v) is 4.50. The van der Waals surface area contributed by atoms with E-state index in [0.29, 0.717) is 0 Å². The Bertz CT molecular complexity index is 757. The maximum absolute atomic E-state index is 6.33. The van der Waals surface area contributed by atoms with Gasteiger partial charge in [-0.15, -0.1) is 0 Å². The van der Waals surface area contributed by atoms with Crippen LogP contribution >= 0.6 is 11.6 Å². The van der Waals surface area contributed by atoms with E-state index in [4.69, 9.17) is 21.3 Å². The molecule has 0 spiro atoms. The first kappa shape index (κ1) is 17.8. The van der Waals surface area contributed by atoms with E-state index in [-0.39, 0.29) is 17.4 Å². The lowest BCUT2D eigenvalue weighted by Gasteiger charge is -2.34. The smallest absolute Gasteiger partial charge is 0.189 e. The standard InChI is InChI=1S/C22H24ClNO/c1-22(2,3)21-24-15-18(10-9-16-7-5-4-6-8-16)20(25-21)17-11-13-19(23)14-12-17/h4-14,18,20H,15H2,1-3H3/b10-9+. The number of benzene rings is 2. The lowest BCUT2D eigenvalue weighted by molar-refractivity contribution is 0.112. The molecule has 1 aliphatic rings. The van der Waals surface area contributed by atoms with Crippen molar-refractivity contribution in [3.63, 3.8) is 0 Å². The quantitative estimate of drug-likeness (QED) is 0.645. The Balaban J connectivity index is 1.89. The van der Waals surface area contributed by atoms with Gasteiger partial charge < -0.3 is 4.74 Å². The molecule has 25 heavy (non-hydrogen) atoms. The van der Waals surface area contributed by atoms with E-state index in [0.717, 1.165) is 23.0 Å². The van der Waals surface area contributed by atoms with Gasteiger partial charge in [-0.2, -0.15) is 0 Å². The third-order valence-electron chi connectivity index (χ3n) is 4.25. The first-order valence-electron chi connectivity index (χ1n) is 8.64. The Kier molecular flexibility index (Phi) is 5.29. The minimum atomic E-state index is -0.0984. The maximum Gasteiger partial charge on any atom is 0.189 e. The molecular formula is C22H24ClNO. The zero-order valence-corrected chi connectivity index (χ0v) is 15.7. The monoisotopic (exact) mass is 353 g/mol. The predicted molar refractivity (Wildman–Crippen MR) is 106 cm³/mol. The maximum atomic E-state index is 6.33. The second-order valence-electron chi connectivity index (χ2n) is 7.42. The number of nitrogens with zero attached hydrogens (tertiary/aromatic N) is 1. The lowest BCUT2D eigenvalue weighted by Crippen LogP contribution is -2.33. The van der Waals surface area contributed by atoms with Gasteiger partial charge in [-0.3, -0.25) is 4.99 Å². The number of aliphatic imine (C=N–C) groups is 1. The van der Waals surface area contributed by atoms with Gasteiger partial charge in [0.15, 0.2) is 5.90 Å². The van der Waals surface area contributed by atoms with Crippen LogP contribution < -0.4 is 0 Å². The molecule has 0 bridgehead atoms. The van der Waals surface area contributed by atoms with Gasteiger partial charge in [-0.05, 0) is 23.3 Å². The lowest BCUT2D eigenvalue weighted by atomic mass is 9.90. The van der Waals surface area contributed by atoms with Crippen molar-refractivity contribution in [1.29, 1.82) is 0 Å². The highest BCUT2D eigenvalue weighted by molar-refractivity contribution is 6.30. The topological polar surface area (TPSA) is 21.6 Å². The Hall–Kier alpha value is -2.06. The second-order valence-corrected chi connectivity index (χ2v) is 7.86. The van der Waals surface area contributed by atoms with Gasteiger partial charge in [-0.1, -0.05) is 87.0 Å². The summed E-state index contributed by atoms with van der Waals surface area (Å²) in [7, 11) is 0. The molecule has 2 nitrogen and oxygen atoms in total. The van der Waals surface area contributed by atoms with Gasteiger partial charge in [-0.25, -0.2) is 0 Å². The summed E-state index contributed by atoms with van der Waals surface area (Å²) < 4.78 is 6.33. The molecular weight excluding hydrogens is 330 g/mol. The summed E-state index contributed by atoms with van der Waals surface area (Å²) in [6, 6.07) is 18.2. The molecule has 2 aromatic rings.